The number of hydrogen-bond donors (Lipinski definition) is 2. The lowest BCUT2D eigenvalue weighted by atomic mass is 11.0. The maximum Gasteiger partial charge on any atom is 0.196 e. The molecular formula is C4H12OPS+. The molecule has 0 aromatic carbocycles. The van der Waals surface area contributed by atoms with Crippen molar-refractivity contribution in [2.75, 3.05) is 12.3 Å². The zero-order valence-corrected chi connectivity index (χ0v) is 6.54. The average molecular weight is 139 g/mol. The second-order valence-corrected chi connectivity index (χ2v) is 6.77. The van der Waals surface area contributed by atoms with E-state index in [-0.39, 0.29) is 0 Å². The van der Waals surface area contributed by atoms with Gasteiger partial charge >= 0.3 is 0 Å². The predicted octanol–water partition coefficient (Wildman–Crippen LogP) is 1.80. The Hall–Kier alpha value is 0.740. The van der Waals surface area contributed by atoms with E-state index in [4.69, 9.17) is 4.89 Å². The highest BCUT2D eigenvalue weighted by atomic mass is 32.7. The van der Waals surface area contributed by atoms with Crippen LogP contribution in [0, 0.1) is 0 Å². The first-order valence-electron chi connectivity index (χ1n) is 2.45. The zero-order chi connectivity index (χ0) is 5.91. The Labute approximate surface area is 50.7 Å². The molecule has 0 spiro atoms. The van der Waals surface area contributed by atoms with Crippen LogP contribution < -0.4 is 0 Å². The van der Waals surface area contributed by atoms with E-state index in [0.29, 0.717) is 0 Å². The Morgan fingerprint density at radius 2 is 1.71 bits per heavy atom. The first kappa shape index (κ1) is 7.74. The molecule has 0 aliphatic rings. The summed E-state index contributed by atoms with van der Waals surface area (Å²) in [6, 6.07) is 0. The average Bonchev–Trinajstić information content (AvgIpc) is 1.68. The molecule has 0 aromatic heterocycles. The zero-order valence-electron chi connectivity index (χ0n) is 4.76. The molecular weight excluding hydrogens is 127 g/mol. The molecule has 3 heteroatoms. The van der Waals surface area contributed by atoms with E-state index in [9.17, 15) is 0 Å². The second-order valence-electron chi connectivity index (χ2n) is 1.51. The summed E-state index contributed by atoms with van der Waals surface area (Å²) in [5.41, 5.74) is 0. The van der Waals surface area contributed by atoms with Crippen molar-refractivity contribution in [1.82, 2.24) is 0 Å². The lowest BCUT2D eigenvalue weighted by molar-refractivity contribution is 0.620. The highest BCUT2D eigenvalue weighted by molar-refractivity contribution is 8.50. The van der Waals surface area contributed by atoms with Gasteiger partial charge in [-0.25, -0.2) is 4.89 Å². The maximum absolute atomic E-state index is 9.11. The molecule has 0 unspecified atom stereocenters. The van der Waals surface area contributed by atoms with Gasteiger partial charge in [-0.1, -0.05) is 0 Å². The molecule has 0 heterocycles. The number of rotatable bonds is 2. The topological polar surface area (TPSA) is 20.2 Å². The monoisotopic (exact) mass is 139 g/mol. The molecule has 0 atom stereocenters. The molecule has 0 fully saturated rings. The van der Waals surface area contributed by atoms with Crippen molar-refractivity contribution in [2.24, 2.45) is 0 Å². The van der Waals surface area contributed by atoms with Crippen LogP contribution in [0.15, 0.2) is 0 Å². The molecule has 0 bridgehead atoms. The Bertz CT molecular complexity index is 49.7. The fourth-order valence-electron chi connectivity index (χ4n) is 0.224. The smallest absolute Gasteiger partial charge is 0.196 e. The largest absolute Gasteiger partial charge is 0.240 e. The van der Waals surface area contributed by atoms with E-state index in [0.717, 1.165) is 12.3 Å². The predicted molar refractivity (Wildman–Crippen MR) is 39.2 cm³/mol. The van der Waals surface area contributed by atoms with Gasteiger partial charge in [-0.15, -0.1) is 0 Å². The van der Waals surface area contributed by atoms with Gasteiger partial charge in [0.05, 0.1) is 12.3 Å². The Morgan fingerprint density at radius 1 is 1.43 bits per heavy atom. The fourth-order valence-corrected chi connectivity index (χ4v) is 0.671. The van der Waals surface area contributed by atoms with Gasteiger partial charge in [0.2, 0.25) is 0 Å². The van der Waals surface area contributed by atoms with Crippen molar-refractivity contribution in [2.45, 2.75) is 13.8 Å². The molecule has 0 amide bonds. The van der Waals surface area contributed by atoms with E-state index in [1.807, 2.05) is 13.8 Å². The van der Waals surface area contributed by atoms with Crippen LogP contribution in [0.1, 0.15) is 13.8 Å². The molecule has 7 heavy (non-hydrogen) atoms. The third-order valence-corrected chi connectivity index (χ3v) is 4.74. The second kappa shape index (κ2) is 2.91. The molecule has 1 nitrogen and oxygen atoms in total. The minimum atomic E-state index is -1.71. The minimum absolute atomic E-state index is 0.826. The van der Waals surface area contributed by atoms with Gasteiger partial charge in [-0.3, -0.25) is 0 Å². The van der Waals surface area contributed by atoms with Crippen molar-refractivity contribution in [3.63, 3.8) is 0 Å². The van der Waals surface area contributed by atoms with Crippen LogP contribution >= 0.6 is 18.9 Å². The summed E-state index contributed by atoms with van der Waals surface area (Å²) in [6.45, 7) is 2.22. The fraction of sp³-hybridized carbons (Fsp3) is 1.00. The summed E-state index contributed by atoms with van der Waals surface area (Å²) in [4.78, 5) is 9.11. The molecule has 44 valence electrons. The van der Waals surface area contributed by atoms with Gasteiger partial charge in [0, 0.05) is 12.2 Å². The molecule has 0 aromatic rings. The lowest BCUT2D eigenvalue weighted by Crippen LogP contribution is -1.87. The van der Waals surface area contributed by atoms with Crippen molar-refractivity contribution < 1.29 is 4.89 Å². The van der Waals surface area contributed by atoms with Crippen LogP contribution in [0.3, 0.4) is 0 Å². The Kier molecular flexibility index (Phi) is 3.21. The summed E-state index contributed by atoms with van der Waals surface area (Å²) in [6.07, 6.45) is 1.65. The number of thiol groups is 1. The van der Waals surface area contributed by atoms with E-state index in [2.05, 4.69) is 12.2 Å². The molecule has 0 aliphatic carbocycles. The third kappa shape index (κ3) is 3.33. The van der Waals surface area contributed by atoms with Gasteiger partial charge in [0.25, 0.3) is 0 Å². The van der Waals surface area contributed by atoms with Gasteiger partial charge < -0.3 is 0 Å². The summed E-state index contributed by atoms with van der Waals surface area (Å²) >= 11 is 4.05. The van der Waals surface area contributed by atoms with Crippen molar-refractivity contribution in [3.05, 3.63) is 0 Å². The van der Waals surface area contributed by atoms with Crippen molar-refractivity contribution >= 4 is 18.9 Å². The first-order chi connectivity index (χ1) is 3.12. The van der Waals surface area contributed by atoms with E-state index in [1.54, 1.807) is 0 Å². The Balaban J connectivity index is 3.36. The lowest BCUT2D eigenvalue weighted by Gasteiger charge is -2.05. The van der Waals surface area contributed by atoms with Crippen molar-refractivity contribution in [1.29, 1.82) is 0 Å². The normalized spacial score (nSPS) is 12.0. The van der Waals surface area contributed by atoms with Crippen LogP contribution in [0.2, 0.25) is 0 Å². The van der Waals surface area contributed by atoms with Gasteiger partial charge in [0.15, 0.2) is 6.69 Å². The van der Waals surface area contributed by atoms with Crippen LogP contribution in [-0.4, -0.2) is 17.2 Å². The number of hydrogen-bond acceptors (Lipinski definition) is 2. The maximum atomic E-state index is 9.11. The molecule has 0 saturated carbocycles. The molecule has 0 radical (unpaired) electrons. The highest BCUT2D eigenvalue weighted by Gasteiger charge is 2.24. The minimum Gasteiger partial charge on any atom is -0.240 e. The summed E-state index contributed by atoms with van der Waals surface area (Å²) in [7, 11) is 0. The van der Waals surface area contributed by atoms with Crippen LogP contribution in [0.4, 0.5) is 0 Å². The summed E-state index contributed by atoms with van der Waals surface area (Å²) in [5.74, 6) is 0. The van der Waals surface area contributed by atoms with Crippen LogP contribution in [-0.2, 0) is 0 Å². The quantitative estimate of drug-likeness (QED) is 0.441. The molecule has 0 aliphatic heterocycles. The van der Waals surface area contributed by atoms with Gasteiger partial charge in [-0.2, -0.15) is 0 Å². The van der Waals surface area contributed by atoms with Crippen LogP contribution in [0.5, 0.6) is 0 Å². The Morgan fingerprint density at radius 3 is 1.71 bits per heavy atom. The molecule has 0 rings (SSSR count). The SMILES string of the molecule is CC[P+](O)(S)CC. The van der Waals surface area contributed by atoms with Crippen LogP contribution in [0.25, 0.3) is 0 Å². The standard InChI is InChI=1S/C4H12OPS/c1-3-6(5,7)4-2/h5,7H,3-4H2,1-2H3/q+1. The van der Waals surface area contributed by atoms with Gasteiger partial charge in [-0.05, 0) is 13.8 Å². The first-order valence-corrected chi connectivity index (χ1v) is 5.71. The summed E-state index contributed by atoms with van der Waals surface area (Å²) < 4.78 is 0. The molecule has 0 saturated heterocycles. The van der Waals surface area contributed by atoms with Crippen molar-refractivity contribution in [3.8, 4) is 0 Å². The highest BCUT2D eigenvalue weighted by Crippen LogP contribution is 2.58. The van der Waals surface area contributed by atoms with E-state index < -0.39 is 6.69 Å². The van der Waals surface area contributed by atoms with E-state index in [1.165, 1.54) is 0 Å². The summed E-state index contributed by atoms with van der Waals surface area (Å²) in [5, 5.41) is 0. The van der Waals surface area contributed by atoms with E-state index >= 15 is 0 Å². The molecule has 1 N–H and O–H groups in total. The third-order valence-electron chi connectivity index (χ3n) is 1.01. The van der Waals surface area contributed by atoms with Gasteiger partial charge in [0.1, 0.15) is 0 Å².